The van der Waals surface area contributed by atoms with E-state index in [2.05, 4.69) is 31.3 Å². The summed E-state index contributed by atoms with van der Waals surface area (Å²) >= 11 is 6.07. The van der Waals surface area contributed by atoms with Crippen molar-refractivity contribution in [3.05, 3.63) is 70.7 Å². The Morgan fingerprint density at radius 2 is 1.64 bits per heavy atom. The highest BCUT2D eigenvalue weighted by Gasteiger charge is 2.40. The van der Waals surface area contributed by atoms with E-state index in [0.29, 0.717) is 19.0 Å². The standard InChI is InChI=1S/C27H35ClN2O2.H2O/c1-18(2)24(29-25(31)19(3)20-9-7-6-8-10-20)26(32)30-16-15-23(27(4,5)17-30)21-11-13-22(28)14-12-21;/h6-14,18-19,23-24H,15-17H2,1-5H3,(H,29,31);1H2/t19?,23-,24-;/m1./s1. The lowest BCUT2D eigenvalue weighted by atomic mass is 9.70. The van der Waals surface area contributed by atoms with Crippen LogP contribution >= 0.6 is 11.6 Å². The van der Waals surface area contributed by atoms with Gasteiger partial charge in [0.1, 0.15) is 6.04 Å². The molecule has 2 amide bonds. The second kappa shape index (κ2) is 11.2. The van der Waals surface area contributed by atoms with Gasteiger partial charge in [-0.05, 0) is 53.9 Å². The minimum atomic E-state index is -0.531. The average Bonchev–Trinajstić information content (AvgIpc) is 2.77. The van der Waals surface area contributed by atoms with Crippen molar-refractivity contribution in [3.8, 4) is 0 Å². The first-order chi connectivity index (χ1) is 15.1. The molecule has 33 heavy (non-hydrogen) atoms. The van der Waals surface area contributed by atoms with Gasteiger partial charge in [0.2, 0.25) is 11.8 Å². The largest absolute Gasteiger partial charge is 0.412 e. The number of carbonyl (C=O) groups is 2. The molecule has 2 aromatic rings. The summed E-state index contributed by atoms with van der Waals surface area (Å²) in [5, 5.41) is 3.78. The van der Waals surface area contributed by atoms with Gasteiger partial charge < -0.3 is 15.7 Å². The van der Waals surface area contributed by atoms with E-state index in [1.807, 2.05) is 68.1 Å². The first-order valence-corrected chi connectivity index (χ1v) is 11.9. The maximum Gasteiger partial charge on any atom is 0.245 e. The van der Waals surface area contributed by atoms with E-state index < -0.39 is 6.04 Å². The third-order valence-electron chi connectivity index (χ3n) is 6.74. The number of nitrogens with zero attached hydrogens (tertiary/aromatic N) is 1. The third-order valence-corrected chi connectivity index (χ3v) is 6.99. The highest BCUT2D eigenvalue weighted by atomic mass is 35.5. The second-order valence-electron chi connectivity index (χ2n) is 10.0. The van der Waals surface area contributed by atoms with Gasteiger partial charge in [0, 0.05) is 18.1 Å². The van der Waals surface area contributed by atoms with Crippen LogP contribution in [0.25, 0.3) is 0 Å². The zero-order chi connectivity index (χ0) is 23.5. The van der Waals surface area contributed by atoms with E-state index in [0.717, 1.165) is 17.0 Å². The molecule has 3 atom stereocenters. The molecule has 1 unspecified atom stereocenters. The first kappa shape index (κ1) is 26.9. The van der Waals surface area contributed by atoms with Crippen molar-refractivity contribution >= 4 is 23.4 Å². The molecule has 0 aliphatic carbocycles. The molecule has 5 nitrogen and oxygen atoms in total. The van der Waals surface area contributed by atoms with Crippen LogP contribution < -0.4 is 5.32 Å². The summed E-state index contributed by atoms with van der Waals surface area (Å²) in [7, 11) is 0. The van der Waals surface area contributed by atoms with Crippen LogP contribution in [0.5, 0.6) is 0 Å². The van der Waals surface area contributed by atoms with Gasteiger partial charge in [-0.3, -0.25) is 9.59 Å². The molecule has 1 saturated heterocycles. The van der Waals surface area contributed by atoms with Crippen LogP contribution in [0.2, 0.25) is 5.02 Å². The van der Waals surface area contributed by atoms with Crippen LogP contribution in [0, 0.1) is 11.3 Å². The minimum Gasteiger partial charge on any atom is -0.412 e. The molecule has 3 rings (SSSR count). The molecule has 0 saturated carbocycles. The number of amides is 2. The average molecular weight is 473 g/mol. The Kier molecular flexibility index (Phi) is 9.10. The van der Waals surface area contributed by atoms with Crippen molar-refractivity contribution in [3.63, 3.8) is 0 Å². The molecule has 1 fully saturated rings. The smallest absolute Gasteiger partial charge is 0.245 e. The summed E-state index contributed by atoms with van der Waals surface area (Å²) in [6, 6.07) is 17.2. The highest BCUT2D eigenvalue weighted by molar-refractivity contribution is 6.30. The van der Waals surface area contributed by atoms with E-state index >= 15 is 0 Å². The van der Waals surface area contributed by atoms with Crippen LogP contribution in [-0.4, -0.2) is 41.3 Å². The van der Waals surface area contributed by atoms with Crippen molar-refractivity contribution < 1.29 is 15.1 Å². The molecule has 180 valence electrons. The molecule has 1 aliphatic rings. The van der Waals surface area contributed by atoms with E-state index in [-0.39, 0.29) is 34.5 Å². The van der Waals surface area contributed by atoms with Gasteiger partial charge in [-0.1, -0.05) is 81.8 Å². The number of hydrogen-bond donors (Lipinski definition) is 1. The van der Waals surface area contributed by atoms with Gasteiger partial charge in [-0.15, -0.1) is 0 Å². The molecule has 0 aromatic heterocycles. The predicted octanol–water partition coefficient (Wildman–Crippen LogP) is 4.80. The molecule has 0 bridgehead atoms. The Hall–Kier alpha value is -2.37. The monoisotopic (exact) mass is 472 g/mol. The van der Waals surface area contributed by atoms with E-state index in [4.69, 9.17) is 11.6 Å². The first-order valence-electron chi connectivity index (χ1n) is 11.5. The summed E-state index contributed by atoms with van der Waals surface area (Å²) in [5.41, 5.74) is 2.13. The van der Waals surface area contributed by atoms with Crippen LogP contribution in [0.15, 0.2) is 54.6 Å². The Morgan fingerprint density at radius 3 is 2.18 bits per heavy atom. The number of hydrogen-bond acceptors (Lipinski definition) is 2. The molecule has 6 heteroatoms. The lowest BCUT2D eigenvalue weighted by molar-refractivity contribution is -0.141. The molecule has 0 radical (unpaired) electrons. The Morgan fingerprint density at radius 1 is 1.03 bits per heavy atom. The summed E-state index contributed by atoms with van der Waals surface area (Å²) in [4.78, 5) is 28.4. The van der Waals surface area contributed by atoms with Crippen molar-refractivity contribution in [2.24, 2.45) is 11.3 Å². The van der Waals surface area contributed by atoms with Crippen LogP contribution in [0.4, 0.5) is 0 Å². The maximum atomic E-state index is 13.5. The fourth-order valence-corrected chi connectivity index (χ4v) is 4.87. The van der Waals surface area contributed by atoms with Crippen LogP contribution in [0.3, 0.4) is 0 Å². The number of piperidine rings is 1. The second-order valence-corrected chi connectivity index (χ2v) is 10.4. The number of carbonyl (C=O) groups excluding carboxylic acids is 2. The quantitative estimate of drug-likeness (QED) is 0.655. The van der Waals surface area contributed by atoms with Gasteiger partial charge in [0.05, 0.1) is 5.92 Å². The third kappa shape index (κ3) is 6.36. The summed E-state index contributed by atoms with van der Waals surface area (Å²) in [6.07, 6.45) is 0.888. The van der Waals surface area contributed by atoms with Crippen molar-refractivity contribution in [1.82, 2.24) is 10.2 Å². The summed E-state index contributed by atoms with van der Waals surface area (Å²) < 4.78 is 0. The van der Waals surface area contributed by atoms with Gasteiger partial charge in [0.25, 0.3) is 0 Å². The van der Waals surface area contributed by atoms with Crippen LogP contribution in [-0.2, 0) is 9.59 Å². The maximum absolute atomic E-state index is 13.5. The Labute approximate surface area is 202 Å². The van der Waals surface area contributed by atoms with Gasteiger partial charge in [-0.2, -0.15) is 0 Å². The zero-order valence-corrected chi connectivity index (χ0v) is 21.0. The molecule has 3 N–H and O–H groups in total. The molecule has 0 spiro atoms. The molecular formula is C27H37ClN2O3. The van der Waals surface area contributed by atoms with Gasteiger partial charge in [-0.25, -0.2) is 0 Å². The van der Waals surface area contributed by atoms with Crippen LogP contribution in [0.1, 0.15) is 64.0 Å². The topological polar surface area (TPSA) is 80.9 Å². The lowest BCUT2D eigenvalue weighted by Gasteiger charge is -2.46. The fraction of sp³-hybridized carbons (Fsp3) is 0.481. The number of benzene rings is 2. The minimum absolute atomic E-state index is 0. The van der Waals surface area contributed by atoms with E-state index in [9.17, 15) is 9.59 Å². The molecular weight excluding hydrogens is 436 g/mol. The SMILES string of the molecule is CC(C(=O)N[C@@H](C(=O)N1CC[C@H](c2ccc(Cl)cc2)C(C)(C)C1)C(C)C)c1ccccc1.O. The normalized spacial score (nSPS) is 19.4. The predicted molar refractivity (Wildman–Crippen MR) is 134 cm³/mol. The number of nitrogens with one attached hydrogen (secondary N) is 1. The Balaban J connectivity index is 0.00000385. The lowest BCUT2D eigenvalue weighted by Crippen LogP contribution is -2.56. The van der Waals surface area contributed by atoms with Crippen molar-refractivity contribution in [2.75, 3.05) is 13.1 Å². The molecule has 1 heterocycles. The molecule has 2 aromatic carbocycles. The van der Waals surface area contributed by atoms with Crippen molar-refractivity contribution in [2.45, 2.75) is 58.9 Å². The van der Waals surface area contributed by atoms with E-state index in [1.54, 1.807) is 0 Å². The van der Waals surface area contributed by atoms with Gasteiger partial charge in [0.15, 0.2) is 0 Å². The van der Waals surface area contributed by atoms with Crippen molar-refractivity contribution in [1.29, 1.82) is 0 Å². The zero-order valence-electron chi connectivity index (χ0n) is 20.3. The number of likely N-dealkylation sites (tertiary alicyclic amines) is 1. The number of halogens is 1. The fourth-order valence-electron chi connectivity index (χ4n) is 4.74. The summed E-state index contributed by atoms with van der Waals surface area (Å²) in [5.74, 6) is -0.0485. The Bertz CT molecular complexity index is 928. The highest BCUT2D eigenvalue weighted by Crippen LogP contribution is 2.42. The summed E-state index contributed by atoms with van der Waals surface area (Å²) in [6.45, 7) is 11.6. The van der Waals surface area contributed by atoms with Gasteiger partial charge >= 0.3 is 0 Å². The van der Waals surface area contributed by atoms with E-state index in [1.165, 1.54) is 5.56 Å². The molecule has 1 aliphatic heterocycles. The number of rotatable bonds is 6.